The number of rotatable bonds is 0. The van der Waals surface area contributed by atoms with Gasteiger partial charge in [0, 0.05) is 14.0 Å². The van der Waals surface area contributed by atoms with Crippen molar-refractivity contribution in [2.24, 2.45) is 12.0 Å². The summed E-state index contributed by atoms with van der Waals surface area (Å²) in [6.45, 7) is 3.39. The van der Waals surface area contributed by atoms with Crippen LogP contribution in [0.4, 0.5) is 0 Å². The third kappa shape index (κ3) is 1.70. The van der Waals surface area contributed by atoms with Crippen molar-refractivity contribution in [3.8, 4) is 0 Å². The van der Waals surface area contributed by atoms with E-state index in [0.717, 1.165) is 16.7 Å². The summed E-state index contributed by atoms with van der Waals surface area (Å²) in [6, 6.07) is 5.87. The number of hydrogen-bond donors (Lipinski definition) is 0. The van der Waals surface area contributed by atoms with Crippen LogP contribution < -0.4 is 5.68 Å². The van der Waals surface area contributed by atoms with Gasteiger partial charge in [0.15, 0.2) is 5.58 Å². The zero-order valence-corrected chi connectivity index (χ0v) is 8.94. The molecule has 1 amide bonds. The zero-order valence-electron chi connectivity index (χ0n) is 8.94. The van der Waals surface area contributed by atoms with Crippen LogP contribution in [0, 0.1) is 6.92 Å². The first-order chi connectivity index (χ1) is 7.08. The van der Waals surface area contributed by atoms with E-state index in [-0.39, 0.29) is 5.91 Å². The second kappa shape index (κ2) is 3.38. The zero-order chi connectivity index (χ0) is 11.0. The second-order valence-electron chi connectivity index (χ2n) is 3.55. The van der Waals surface area contributed by atoms with Crippen LogP contribution in [0.15, 0.2) is 27.6 Å². The van der Waals surface area contributed by atoms with E-state index in [2.05, 4.69) is 4.99 Å². The fourth-order valence-electron chi connectivity index (χ4n) is 1.48. The maximum Gasteiger partial charge on any atom is 0.305 e. The predicted molar refractivity (Wildman–Crippen MR) is 56.2 cm³/mol. The van der Waals surface area contributed by atoms with Gasteiger partial charge in [-0.15, -0.1) is 0 Å². The highest BCUT2D eigenvalue weighted by atomic mass is 16.4. The van der Waals surface area contributed by atoms with Gasteiger partial charge in [-0.2, -0.15) is 4.99 Å². The largest absolute Gasteiger partial charge is 0.423 e. The lowest BCUT2D eigenvalue weighted by Crippen LogP contribution is -2.13. The number of amides is 1. The number of aromatic nitrogens is 1. The number of nitrogens with zero attached hydrogens (tertiary/aromatic N) is 2. The van der Waals surface area contributed by atoms with Crippen molar-refractivity contribution < 1.29 is 9.21 Å². The SMILES string of the molecule is CC(=O)N=c1oc2cc(C)ccc2n1C. The monoisotopic (exact) mass is 204 g/mol. The molecule has 78 valence electrons. The van der Waals surface area contributed by atoms with Crippen molar-refractivity contribution in [3.05, 3.63) is 29.4 Å². The molecule has 4 nitrogen and oxygen atoms in total. The van der Waals surface area contributed by atoms with Crippen LogP contribution in [0.1, 0.15) is 12.5 Å². The predicted octanol–water partition coefficient (Wildman–Crippen LogP) is 1.53. The van der Waals surface area contributed by atoms with Gasteiger partial charge in [-0.3, -0.25) is 9.36 Å². The molecule has 0 bridgehead atoms. The van der Waals surface area contributed by atoms with E-state index in [9.17, 15) is 4.79 Å². The maximum atomic E-state index is 10.9. The number of oxazole rings is 1. The Labute approximate surface area is 86.9 Å². The lowest BCUT2D eigenvalue weighted by Gasteiger charge is -1.92. The molecule has 0 aliphatic carbocycles. The highest BCUT2D eigenvalue weighted by Crippen LogP contribution is 2.13. The minimum Gasteiger partial charge on any atom is -0.423 e. The van der Waals surface area contributed by atoms with E-state index in [1.54, 1.807) is 4.57 Å². The summed E-state index contributed by atoms with van der Waals surface area (Å²) in [6.07, 6.45) is 0. The van der Waals surface area contributed by atoms with E-state index in [0.29, 0.717) is 5.68 Å². The number of fused-ring (bicyclic) bond motifs is 1. The Hall–Kier alpha value is -1.84. The first-order valence-corrected chi connectivity index (χ1v) is 4.69. The first-order valence-electron chi connectivity index (χ1n) is 4.69. The van der Waals surface area contributed by atoms with Gasteiger partial charge in [0.25, 0.3) is 0 Å². The molecule has 15 heavy (non-hydrogen) atoms. The summed E-state index contributed by atoms with van der Waals surface area (Å²) in [7, 11) is 1.82. The van der Waals surface area contributed by atoms with Crippen LogP contribution >= 0.6 is 0 Å². The molecule has 0 saturated carbocycles. The van der Waals surface area contributed by atoms with Crippen molar-refractivity contribution in [2.45, 2.75) is 13.8 Å². The van der Waals surface area contributed by atoms with Gasteiger partial charge >= 0.3 is 5.68 Å². The van der Waals surface area contributed by atoms with Gasteiger partial charge in [-0.1, -0.05) is 6.07 Å². The summed E-state index contributed by atoms with van der Waals surface area (Å²) >= 11 is 0. The Bertz CT molecular complexity index is 590. The molecular weight excluding hydrogens is 192 g/mol. The van der Waals surface area contributed by atoms with Crippen LogP contribution in [0.5, 0.6) is 0 Å². The Balaban J connectivity index is 2.80. The third-order valence-corrected chi connectivity index (χ3v) is 2.22. The van der Waals surface area contributed by atoms with Crippen molar-refractivity contribution in [1.82, 2.24) is 4.57 Å². The van der Waals surface area contributed by atoms with E-state index in [4.69, 9.17) is 4.42 Å². The van der Waals surface area contributed by atoms with Gasteiger partial charge in [-0.25, -0.2) is 0 Å². The van der Waals surface area contributed by atoms with Gasteiger partial charge in [0.2, 0.25) is 5.91 Å². The molecule has 0 radical (unpaired) electrons. The van der Waals surface area contributed by atoms with E-state index in [1.807, 2.05) is 32.2 Å². The number of hydrogen-bond acceptors (Lipinski definition) is 2. The second-order valence-corrected chi connectivity index (χ2v) is 3.55. The average Bonchev–Trinajstić information content (AvgIpc) is 2.42. The highest BCUT2D eigenvalue weighted by Gasteiger charge is 2.04. The van der Waals surface area contributed by atoms with Crippen molar-refractivity contribution in [2.75, 3.05) is 0 Å². The normalized spacial score (nSPS) is 12.3. The van der Waals surface area contributed by atoms with Gasteiger partial charge < -0.3 is 4.42 Å². The molecule has 1 heterocycles. The summed E-state index contributed by atoms with van der Waals surface area (Å²) in [5.74, 6) is -0.263. The van der Waals surface area contributed by atoms with E-state index < -0.39 is 0 Å². The number of aryl methyl sites for hydroxylation is 2. The number of carbonyl (C=O) groups excluding carboxylic acids is 1. The van der Waals surface area contributed by atoms with Crippen molar-refractivity contribution >= 4 is 17.0 Å². The minimum absolute atomic E-state index is 0.263. The quantitative estimate of drug-likeness (QED) is 0.653. The molecule has 0 N–H and O–H groups in total. The molecule has 0 atom stereocenters. The molecule has 0 fully saturated rings. The van der Waals surface area contributed by atoms with Crippen LogP contribution in [0.25, 0.3) is 11.1 Å². The van der Waals surface area contributed by atoms with Gasteiger partial charge in [0.05, 0.1) is 5.52 Å². The molecule has 0 aliphatic heterocycles. The molecule has 0 aliphatic rings. The molecule has 2 rings (SSSR count). The maximum absolute atomic E-state index is 10.9. The molecule has 4 heteroatoms. The van der Waals surface area contributed by atoms with Crippen LogP contribution in [0.2, 0.25) is 0 Å². The summed E-state index contributed by atoms with van der Waals surface area (Å²) in [5, 5.41) is 0. The third-order valence-electron chi connectivity index (χ3n) is 2.22. The van der Waals surface area contributed by atoms with Crippen LogP contribution in [-0.2, 0) is 11.8 Å². The van der Waals surface area contributed by atoms with E-state index in [1.165, 1.54) is 6.92 Å². The molecule has 1 aromatic carbocycles. The Morgan fingerprint density at radius 1 is 1.47 bits per heavy atom. The van der Waals surface area contributed by atoms with Crippen molar-refractivity contribution in [3.63, 3.8) is 0 Å². The smallest absolute Gasteiger partial charge is 0.305 e. The average molecular weight is 204 g/mol. The minimum atomic E-state index is -0.263. The number of carbonyl (C=O) groups is 1. The fraction of sp³-hybridized carbons (Fsp3) is 0.273. The molecule has 0 saturated heterocycles. The molecular formula is C11H12N2O2. The van der Waals surface area contributed by atoms with Crippen molar-refractivity contribution in [1.29, 1.82) is 0 Å². The van der Waals surface area contributed by atoms with Crippen LogP contribution in [-0.4, -0.2) is 10.5 Å². The molecule has 2 aromatic rings. The summed E-state index contributed by atoms with van der Waals surface area (Å²) in [5.41, 5.74) is 3.13. The Morgan fingerprint density at radius 3 is 2.87 bits per heavy atom. The standard InChI is InChI=1S/C11H12N2O2/c1-7-4-5-9-10(6-7)15-11(13(9)3)12-8(2)14/h4-6H,1-3H3. The lowest BCUT2D eigenvalue weighted by atomic mass is 10.2. The Kier molecular flexibility index (Phi) is 2.19. The molecule has 0 unspecified atom stereocenters. The van der Waals surface area contributed by atoms with Gasteiger partial charge in [0.1, 0.15) is 0 Å². The Morgan fingerprint density at radius 2 is 2.20 bits per heavy atom. The molecule has 1 aromatic heterocycles. The molecule has 0 spiro atoms. The highest BCUT2D eigenvalue weighted by molar-refractivity contribution is 5.75. The van der Waals surface area contributed by atoms with E-state index >= 15 is 0 Å². The topological polar surface area (TPSA) is 47.5 Å². The summed E-state index contributed by atoms with van der Waals surface area (Å²) < 4.78 is 7.23. The first kappa shape index (κ1) is 9.71. The number of benzene rings is 1. The van der Waals surface area contributed by atoms with Gasteiger partial charge in [-0.05, 0) is 24.6 Å². The summed E-state index contributed by atoms with van der Waals surface area (Å²) in [4.78, 5) is 14.7. The lowest BCUT2D eigenvalue weighted by molar-refractivity contribution is -0.116. The fourth-order valence-corrected chi connectivity index (χ4v) is 1.48. The van der Waals surface area contributed by atoms with Crippen LogP contribution in [0.3, 0.4) is 0 Å².